The summed E-state index contributed by atoms with van der Waals surface area (Å²) in [4.78, 5) is 0. The van der Waals surface area contributed by atoms with Crippen molar-refractivity contribution in [3.05, 3.63) is 205 Å². The Kier molecular flexibility index (Phi) is 16.4. The standard InChI is InChI=1S/C24BCl4F16.C20H18IO2/c26-5-1(9(30)17(38)21(42)13(5)34)25(2-6(27)14(35)22(43)18(39)10(2)31,3-7(28)15(36)23(44)19(40)11(3)32)4-8(29)16(37)24(45)20(41)12(4)33;1-3-9-17(10-4-1)21-19-13-7-8-14-20(19)23-16-15-22-18-11-5-2-6-12-18/h;1-14H,15-16H2/q-1;+1. The summed E-state index contributed by atoms with van der Waals surface area (Å²) in [6, 6.07) is 28.7. The molecular weight excluding hydrogens is 1140 g/mol. The van der Waals surface area contributed by atoms with Crippen LogP contribution in [0.25, 0.3) is 0 Å². The van der Waals surface area contributed by atoms with E-state index in [4.69, 9.17) is 55.9 Å². The molecule has 24 heteroatoms. The normalized spacial score (nSPS) is 11.4. The third-order valence-electron chi connectivity index (χ3n) is 9.84. The lowest BCUT2D eigenvalue weighted by atomic mass is 9.12. The van der Waals surface area contributed by atoms with Crippen molar-refractivity contribution in [1.29, 1.82) is 0 Å². The number of ether oxygens (including phenoxy) is 2. The lowest BCUT2D eigenvalue weighted by Gasteiger charge is -2.46. The molecule has 0 radical (unpaired) electrons. The molecule has 7 aromatic rings. The summed E-state index contributed by atoms with van der Waals surface area (Å²) in [6.07, 6.45) is -6.24. The first-order valence-corrected chi connectivity index (χ1v) is 22.1. The second-order valence-corrected chi connectivity index (χ2v) is 18.1. The molecule has 7 aromatic carbocycles. The number of halogens is 21. The van der Waals surface area contributed by atoms with Gasteiger partial charge in [-0.25, -0.2) is 70.2 Å². The molecule has 0 aliphatic carbocycles. The first kappa shape index (κ1) is 52.3. The van der Waals surface area contributed by atoms with E-state index in [9.17, 15) is 52.7 Å². The molecule has 68 heavy (non-hydrogen) atoms. The zero-order valence-corrected chi connectivity index (χ0v) is 38.0. The topological polar surface area (TPSA) is 18.5 Å². The molecule has 0 atom stereocenters. The fourth-order valence-corrected chi connectivity index (χ4v) is 10.7. The second kappa shape index (κ2) is 21.3. The fraction of sp³-hybridized carbons (Fsp3) is 0.0455. The summed E-state index contributed by atoms with van der Waals surface area (Å²) in [5.41, 5.74) is -10.7. The molecule has 0 amide bonds. The van der Waals surface area contributed by atoms with Gasteiger partial charge in [0.05, 0.1) is 0 Å². The molecule has 0 heterocycles. The average molecular weight is 1160 g/mol. The minimum absolute atomic E-state index is 0.226. The van der Waals surface area contributed by atoms with E-state index in [1.54, 1.807) is 0 Å². The van der Waals surface area contributed by atoms with Crippen LogP contribution in [0.15, 0.2) is 84.9 Å². The van der Waals surface area contributed by atoms with E-state index in [2.05, 4.69) is 42.5 Å². The van der Waals surface area contributed by atoms with Gasteiger partial charge in [0.15, 0.2) is 79.1 Å². The third-order valence-corrected chi connectivity index (χ3v) is 14.1. The Morgan fingerprint density at radius 3 is 1.00 bits per heavy atom. The molecule has 0 N–H and O–H groups in total. The van der Waals surface area contributed by atoms with Crippen LogP contribution in [-0.4, -0.2) is 19.4 Å². The highest BCUT2D eigenvalue weighted by Gasteiger charge is 2.51. The zero-order chi connectivity index (χ0) is 50.1. The quantitative estimate of drug-likeness (QED) is 0.0322. The van der Waals surface area contributed by atoms with E-state index in [1.165, 1.54) is 7.14 Å². The van der Waals surface area contributed by atoms with Gasteiger partial charge in [0.25, 0.3) is 0 Å². The Balaban J connectivity index is 0.000000276. The van der Waals surface area contributed by atoms with Crippen molar-refractivity contribution < 1.29 is 101 Å². The Bertz CT molecular complexity index is 2680. The van der Waals surface area contributed by atoms with Gasteiger partial charge in [0, 0.05) is 20.1 Å². The van der Waals surface area contributed by atoms with E-state index < -0.39 is 141 Å². The minimum atomic E-state index is -6.24. The van der Waals surface area contributed by atoms with Crippen molar-refractivity contribution in [3.8, 4) is 11.5 Å². The lowest BCUT2D eigenvalue weighted by Crippen LogP contribution is -3.61. The smallest absolute Gasteiger partial charge is 0.362 e. The van der Waals surface area contributed by atoms with Gasteiger partial charge in [-0.2, -0.15) is 0 Å². The highest BCUT2D eigenvalue weighted by Crippen LogP contribution is 2.36. The van der Waals surface area contributed by atoms with Crippen LogP contribution in [0.1, 0.15) is 0 Å². The highest BCUT2D eigenvalue weighted by atomic mass is 127. The number of para-hydroxylation sites is 2. The van der Waals surface area contributed by atoms with Crippen LogP contribution in [0.2, 0.25) is 20.1 Å². The summed E-state index contributed by atoms with van der Waals surface area (Å²) in [7, 11) is 0. The van der Waals surface area contributed by atoms with Crippen LogP contribution in [0, 0.1) is 100 Å². The number of hydrogen-bond donors (Lipinski definition) is 0. The zero-order valence-electron chi connectivity index (χ0n) is 32.8. The molecule has 0 aliphatic heterocycles. The number of benzene rings is 7. The largest absolute Gasteiger partial charge is 0.490 e. The van der Waals surface area contributed by atoms with Gasteiger partial charge in [-0.05, 0) is 36.4 Å². The second-order valence-electron chi connectivity index (χ2n) is 13.6. The fourth-order valence-electron chi connectivity index (χ4n) is 6.94. The van der Waals surface area contributed by atoms with Gasteiger partial charge in [-0.1, -0.05) is 94.9 Å². The van der Waals surface area contributed by atoms with E-state index in [-0.39, 0.29) is 21.2 Å². The molecule has 7 rings (SSSR count). The molecule has 2 nitrogen and oxygen atoms in total. The van der Waals surface area contributed by atoms with Crippen molar-refractivity contribution in [2.45, 2.75) is 0 Å². The predicted molar refractivity (Wildman–Crippen MR) is 217 cm³/mol. The maximum atomic E-state index is 15.8. The summed E-state index contributed by atoms with van der Waals surface area (Å²) >= 11 is 22.1. The van der Waals surface area contributed by atoms with Crippen molar-refractivity contribution >= 4 is 74.4 Å². The predicted octanol–water partition coefficient (Wildman–Crippen LogP) is 9.18. The molecule has 0 bridgehead atoms. The van der Waals surface area contributed by atoms with E-state index in [0.717, 1.165) is 11.5 Å². The molecule has 0 unspecified atom stereocenters. The van der Waals surface area contributed by atoms with Crippen molar-refractivity contribution in [2.24, 2.45) is 0 Å². The first-order chi connectivity index (χ1) is 32.1. The van der Waals surface area contributed by atoms with Gasteiger partial charge < -0.3 is 9.47 Å². The van der Waals surface area contributed by atoms with E-state index >= 15 is 17.6 Å². The van der Waals surface area contributed by atoms with Crippen molar-refractivity contribution in [1.82, 2.24) is 0 Å². The summed E-state index contributed by atoms with van der Waals surface area (Å²) < 4.78 is 252. The van der Waals surface area contributed by atoms with Crippen LogP contribution in [0.3, 0.4) is 0 Å². The van der Waals surface area contributed by atoms with Gasteiger partial charge >= 0.3 is 21.2 Å². The van der Waals surface area contributed by atoms with Crippen LogP contribution in [0.4, 0.5) is 70.2 Å². The van der Waals surface area contributed by atoms with Gasteiger partial charge in [-0.3, -0.25) is 0 Å². The monoisotopic (exact) mass is 1160 g/mol. The van der Waals surface area contributed by atoms with Crippen LogP contribution >= 0.6 is 46.4 Å². The molecule has 0 aromatic heterocycles. The third kappa shape index (κ3) is 9.37. The van der Waals surface area contributed by atoms with Crippen LogP contribution in [0.5, 0.6) is 11.5 Å². The average Bonchev–Trinajstić information content (AvgIpc) is 3.34. The molecule has 0 spiro atoms. The molecule has 0 aliphatic rings. The number of hydrogen-bond acceptors (Lipinski definition) is 2. The highest BCUT2D eigenvalue weighted by molar-refractivity contribution is 7.22. The Morgan fingerprint density at radius 2 is 0.632 bits per heavy atom. The molecular formula is C44H18BCl4F16IO2. The van der Waals surface area contributed by atoms with Crippen LogP contribution in [-0.2, 0) is 0 Å². The maximum absolute atomic E-state index is 15.8. The summed E-state index contributed by atoms with van der Waals surface area (Å²) in [5, 5.41) is -9.69. The minimum Gasteiger partial charge on any atom is -0.490 e. The molecule has 0 saturated heterocycles. The van der Waals surface area contributed by atoms with Crippen molar-refractivity contribution in [2.75, 3.05) is 13.2 Å². The molecule has 0 fully saturated rings. The van der Waals surface area contributed by atoms with E-state index in [0.29, 0.717) is 13.2 Å². The van der Waals surface area contributed by atoms with Gasteiger partial charge in [-0.15, -0.1) is 21.9 Å². The summed E-state index contributed by atoms with van der Waals surface area (Å²) in [6.45, 7) is 1.09. The summed E-state index contributed by atoms with van der Waals surface area (Å²) in [5.74, 6) is -46.5. The van der Waals surface area contributed by atoms with Gasteiger partial charge in [0.2, 0.25) is 3.57 Å². The SMILES string of the molecule is Fc1c(F)c(F)c([B-](c2c(F)c(F)c(F)c(F)c2Cl)(c2c(F)c(F)c(F)c(F)c2Cl)c2c(F)c(F)c(F)c(F)c2Cl)c(Cl)c1F.c1ccc(OCCOc2ccccc2[I+]c2ccccc2)cc1. The van der Waals surface area contributed by atoms with E-state index in [1.807, 2.05) is 42.5 Å². The Hall–Kier alpha value is -5.03. The first-order valence-electron chi connectivity index (χ1n) is 18.4. The van der Waals surface area contributed by atoms with Gasteiger partial charge in [0.1, 0.15) is 48.4 Å². The molecule has 356 valence electrons. The molecule has 0 saturated carbocycles. The lowest BCUT2D eigenvalue weighted by molar-refractivity contribution is -0.598. The Labute approximate surface area is 403 Å². The maximum Gasteiger partial charge on any atom is 0.362 e. The van der Waals surface area contributed by atoms with Crippen LogP contribution < -0.4 is 52.5 Å². The number of rotatable bonds is 11. The Morgan fingerprint density at radius 1 is 0.338 bits per heavy atom. The van der Waals surface area contributed by atoms with Crippen molar-refractivity contribution in [3.63, 3.8) is 0 Å².